The maximum atomic E-state index is 12.3. The molecule has 0 unspecified atom stereocenters. The van der Waals surface area contributed by atoms with Crippen molar-refractivity contribution in [2.24, 2.45) is 5.73 Å². The van der Waals surface area contributed by atoms with E-state index < -0.39 is 5.91 Å². The van der Waals surface area contributed by atoms with E-state index in [-0.39, 0.29) is 5.91 Å². The van der Waals surface area contributed by atoms with Gasteiger partial charge in [-0.25, -0.2) is 0 Å². The third-order valence-corrected chi connectivity index (χ3v) is 3.42. The predicted molar refractivity (Wildman–Crippen MR) is 85.3 cm³/mol. The van der Waals surface area contributed by atoms with Gasteiger partial charge in [-0.15, -0.1) is 0 Å². The zero-order valence-electron chi connectivity index (χ0n) is 11.6. The Balaban J connectivity index is 2.15. The molecule has 0 atom stereocenters. The molecule has 2 amide bonds. The second-order valence-corrected chi connectivity index (χ2v) is 5.55. The highest BCUT2D eigenvalue weighted by Crippen LogP contribution is 2.17. The Morgan fingerprint density at radius 1 is 1.29 bits per heavy atom. The zero-order chi connectivity index (χ0) is 15.4. The smallest absolute Gasteiger partial charge is 0.272 e. The van der Waals surface area contributed by atoms with Crippen LogP contribution in [0.5, 0.6) is 0 Å². The molecule has 0 aliphatic carbocycles. The molecule has 110 valence electrons. The van der Waals surface area contributed by atoms with Gasteiger partial charge in [-0.05, 0) is 52.7 Å². The molecule has 1 heterocycles. The summed E-state index contributed by atoms with van der Waals surface area (Å²) in [6, 6.07) is 8.25. The number of benzene rings is 1. The Hall–Kier alpha value is -2.08. The van der Waals surface area contributed by atoms with Crippen LogP contribution in [0.2, 0.25) is 0 Å². The first kappa shape index (κ1) is 15.3. The molecule has 0 aliphatic rings. The number of anilines is 1. The number of nitrogens with two attached hydrogens (primary N) is 1. The molecule has 6 heteroatoms. The van der Waals surface area contributed by atoms with Gasteiger partial charge in [0.25, 0.3) is 5.91 Å². The average Bonchev–Trinajstić information content (AvgIpc) is 2.81. The SMILES string of the molecule is CCCn1cc(Br)cc1C(=O)Nc1ccc(C(N)=O)cc1. The standard InChI is InChI=1S/C15H16BrN3O2/c1-2-7-19-9-11(16)8-13(19)15(21)18-12-5-3-10(4-6-12)14(17)20/h3-6,8-9H,2,7H2,1H3,(H2,17,20)(H,18,21). The van der Waals surface area contributed by atoms with Gasteiger partial charge in [-0.2, -0.15) is 0 Å². The second kappa shape index (κ2) is 6.58. The molecule has 0 saturated heterocycles. The summed E-state index contributed by atoms with van der Waals surface area (Å²) in [4.78, 5) is 23.3. The Kier molecular flexibility index (Phi) is 4.80. The van der Waals surface area contributed by atoms with Crippen LogP contribution in [0, 0.1) is 0 Å². The lowest BCUT2D eigenvalue weighted by molar-refractivity contribution is 0.0997. The topological polar surface area (TPSA) is 77.1 Å². The molecule has 0 radical (unpaired) electrons. The van der Waals surface area contributed by atoms with Gasteiger partial charge in [0, 0.05) is 28.5 Å². The van der Waals surface area contributed by atoms with E-state index in [2.05, 4.69) is 28.2 Å². The van der Waals surface area contributed by atoms with Gasteiger partial charge in [0.2, 0.25) is 5.91 Å². The van der Waals surface area contributed by atoms with Gasteiger partial charge in [-0.1, -0.05) is 6.92 Å². The summed E-state index contributed by atoms with van der Waals surface area (Å²) in [5.74, 6) is -0.686. The third kappa shape index (κ3) is 3.72. The summed E-state index contributed by atoms with van der Waals surface area (Å²) in [6.45, 7) is 2.83. The quantitative estimate of drug-likeness (QED) is 0.870. The Labute approximate surface area is 131 Å². The van der Waals surface area contributed by atoms with Crippen LogP contribution in [0.15, 0.2) is 41.0 Å². The lowest BCUT2D eigenvalue weighted by atomic mass is 10.2. The van der Waals surface area contributed by atoms with E-state index in [1.807, 2.05) is 10.8 Å². The van der Waals surface area contributed by atoms with E-state index in [9.17, 15) is 9.59 Å². The fraction of sp³-hybridized carbons (Fsp3) is 0.200. The van der Waals surface area contributed by atoms with Crippen LogP contribution in [-0.2, 0) is 6.54 Å². The summed E-state index contributed by atoms with van der Waals surface area (Å²) in [5, 5.41) is 2.80. The number of nitrogens with one attached hydrogen (secondary N) is 1. The minimum Gasteiger partial charge on any atom is -0.366 e. The van der Waals surface area contributed by atoms with Crippen molar-refractivity contribution in [1.29, 1.82) is 0 Å². The number of aromatic nitrogens is 1. The van der Waals surface area contributed by atoms with E-state index >= 15 is 0 Å². The highest BCUT2D eigenvalue weighted by Gasteiger charge is 2.13. The van der Waals surface area contributed by atoms with Gasteiger partial charge in [0.15, 0.2) is 0 Å². The third-order valence-electron chi connectivity index (χ3n) is 2.99. The fourth-order valence-corrected chi connectivity index (χ4v) is 2.47. The lowest BCUT2D eigenvalue weighted by Gasteiger charge is -2.09. The summed E-state index contributed by atoms with van der Waals surface area (Å²) in [7, 11) is 0. The number of carbonyl (C=O) groups is 2. The molecule has 1 aromatic carbocycles. The molecule has 0 saturated carbocycles. The first-order valence-corrected chi connectivity index (χ1v) is 7.37. The molecule has 2 rings (SSSR count). The fourth-order valence-electron chi connectivity index (χ4n) is 2.00. The van der Waals surface area contributed by atoms with Crippen molar-refractivity contribution in [1.82, 2.24) is 4.57 Å². The highest BCUT2D eigenvalue weighted by molar-refractivity contribution is 9.10. The molecule has 21 heavy (non-hydrogen) atoms. The highest BCUT2D eigenvalue weighted by atomic mass is 79.9. The number of nitrogens with zero attached hydrogens (tertiary/aromatic N) is 1. The molecule has 3 N–H and O–H groups in total. The van der Waals surface area contributed by atoms with Crippen molar-refractivity contribution < 1.29 is 9.59 Å². The number of primary amides is 1. The Bertz CT molecular complexity index is 662. The summed E-state index contributed by atoms with van der Waals surface area (Å²) in [5.41, 5.74) is 6.79. The number of halogens is 1. The number of amides is 2. The molecular weight excluding hydrogens is 334 g/mol. The molecule has 0 fully saturated rings. The van der Waals surface area contributed by atoms with Gasteiger partial charge in [-0.3, -0.25) is 9.59 Å². The van der Waals surface area contributed by atoms with Crippen molar-refractivity contribution in [2.45, 2.75) is 19.9 Å². The molecule has 5 nitrogen and oxygen atoms in total. The lowest BCUT2D eigenvalue weighted by Crippen LogP contribution is -2.17. The van der Waals surface area contributed by atoms with Crippen LogP contribution in [-0.4, -0.2) is 16.4 Å². The van der Waals surface area contributed by atoms with E-state index in [4.69, 9.17) is 5.73 Å². The van der Waals surface area contributed by atoms with Crippen molar-refractivity contribution in [2.75, 3.05) is 5.32 Å². The van der Waals surface area contributed by atoms with Crippen molar-refractivity contribution in [3.8, 4) is 0 Å². The number of hydrogen-bond acceptors (Lipinski definition) is 2. The molecule has 1 aromatic heterocycles. The second-order valence-electron chi connectivity index (χ2n) is 4.63. The zero-order valence-corrected chi connectivity index (χ0v) is 13.2. The minimum atomic E-state index is -0.492. The average molecular weight is 350 g/mol. The largest absolute Gasteiger partial charge is 0.366 e. The van der Waals surface area contributed by atoms with Crippen LogP contribution in [0.25, 0.3) is 0 Å². The molecule has 0 aliphatic heterocycles. The molecule has 0 bridgehead atoms. The minimum absolute atomic E-state index is 0.194. The normalized spacial score (nSPS) is 10.4. The maximum absolute atomic E-state index is 12.3. The number of hydrogen-bond donors (Lipinski definition) is 2. The van der Waals surface area contributed by atoms with Gasteiger partial charge in [0.1, 0.15) is 5.69 Å². The van der Waals surface area contributed by atoms with Crippen molar-refractivity contribution in [3.63, 3.8) is 0 Å². The van der Waals surface area contributed by atoms with Crippen molar-refractivity contribution in [3.05, 3.63) is 52.3 Å². The summed E-state index contributed by atoms with van der Waals surface area (Å²) >= 11 is 3.38. The number of carbonyl (C=O) groups excluding carboxylic acids is 2. The van der Waals surface area contributed by atoms with Crippen molar-refractivity contribution >= 4 is 33.4 Å². The summed E-state index contributed by atoms with van der Waals surface area (Å²) in [6.07, 6.45) is 2.82. The van der Waals surface area contributed by atoms with Crippen LogP contribution in [0.1, 0.15) is 34.2 Å². The molecular formula is C15H16BrN3O2. The Morgan fingerprint density at radius 3 is 2.52 bits per heavy atom. The summed E-state index contributed by atoms with van der Waals surface area (Å²) < 4.78 is 2.77. The monoisotopic (exact) mass is 349 g/mol. The predicted octanol–water partition coefficient (Wildman–Crippen LogP) is 3.01. The Morgan fingerprint density at radius 2 is 1.95 bits per heavy atom. The molecule has 2 aromatic rings. The molecule has 0 spiro atoms. The first-order chi connectivity index (χ1) is 10.0. The van der Waals surface area contributed by atoms with Gasteiger partial charge >= 0.3 is 0 Å². The van der Waals surface area contributed by atoms with Crippen LogP contribution in [0.4, 0.5) is 5.69 Å². The maximum Gasteiger partial charge on any atom is 0.272 e. The van der Waals surface area contributed by atoms with E-state index in [0.29, 0.717) is 16.9 Å². The number of rotatable bonds is 5. The van der Waals surface area contributed by atoms with Crippen LogP contribution < -0.4 is 11.1 Å². The van der Waals surface area contributed by atoms with E-state index in [0.717, 1.165) is 17.4 Å². The van der Waals surface area contributed by atoms with E-state index in [1.165, 1.54) is 0 Å². The first-order valence-electron chi connectivity index (χ1n) is 6.58. The van der Waals surface area contributed by atoms with Gasteiger partial charge < -0.3 is 15.6 Å². The van der Waals surface area contributed by atoms with Crippen LogP contribution >= 0.6 is 15.9 Å². The van der Waals surface area contributed by atoms with Crippen LogP contribution in [0.3, 0.4) is 0 Å². The van der Waals surface area contributed by atoms with E-state index in [1.54, 1.807) is 30.3 Å². The number of aryl methyl sites for hydroxylation is 1. The van der Waals surface area contributed by atoms with Gasteiger partial charge in [0.05, 0.1) is 0 Å².